The molecule has 108 valence electrons. The number of hydrogen-bond donors (Lipinski definition) is 2. The molecular weight excluding hydrogens is 308 g/mol. The minimum absolute atomic E-state index is 0.187. The maximum Gasteiger partial charge on any atom is 0.250 e. The second-order valence-electron chi connectivity index (χ2n) is 3.49. The van der Waals surface area contributed by atoms with Crippen molar-refractivity contribution in [3.63, 3.8) is 0 Å². The summed E-state index contributed by atoms with van der Waals surface area (Å²) in [6, 6.07) is 3.07. The van der Waals surface area contributed by atoms with E-state index >= 15 is 0 Å². The van der Waals surface area contributed by atoms with Crippen LogP contribution >= 0.6 is 23.6 Å². The van der Waals surface area contributed by atoms with Crippen LogP contribution in [-0.2, 0) is 19.5 Å². The van der Waals surface area contributed by atoms with E-state index in [0.29, 0.717) is 18.1 Å². The van der Waals surface area contributed by atoms with E-state index in [9.17, 15) is 8.42 Å². The molecule has 0 aliphatic rings. The number of rotatable bonds is 9. The molecule has 1 heterocycles. The molecule has 6 nitrogen and oxygen atoms in total. The van der Waals surface area contributed by atoms with E-state index in [1.54, 1.807) is 13.2 Å². The molecule has 0 fully saturated rings. The predicted octanol–water partition coefficient (Wildman–Crippen LogP) is 0.324. The first-order chi connectivity index (χ1) is 8.97. The number of methoxy groups -OCH3 is 1. The molecule has 0 unspecified atom stereocenters. The molecule has 0 saturated carbocycles. The first-order valence-corrected chi connectivity index (χ1v) is 8.14. The fourth-order valence-electron chi connectivity index (χ4n) is 1.16. The average molecular weight is 324 g/mol. The Morgan fingerprint density at radius 3 is 2.74 bits per heavy atom. The van der Waals surface area contributed by atoms with Gasteiger partial charge in [-0.05, 0) is 12.1 Å². The lowest BCUT2D eigenvalue weighted by Gasteiger charge is -2.05. The molecule has 0 amide bonds. The van der Waals surface area contributed by atoms with Gasteiger partial charge in [-0.15, -0.1) is 11.3 Å². The van der Waals surface area contributed by atoms with Crippen molar-refractivity contribution in [3.05, 3.63) is 17.0 Å². The van der Waals surface area contributed by atoms with E-state index in [1.165, 1.54) is 6.07 Å². The van der Waals surface area contributed by atoms with Gasteiger partial charge in [-0.3, -0.25) is 0 Å². The van der Waals surface area contributed by atoms with Crippen molar-refractivity contribution >= 4 is 38.6 Å². The topological polar surface area (TPSA) is 90.6 Å². The SMILES string of the molecule is COCCOCCNS(=O)(=O)c1ccc(C(N)=S)s1. The second-order valence-corrected chi connectivity index (χ2v) is 7.00. The molecule has 0 aliphatic carbocycles. The molecule has 1 aromatic heterocycles. The third kappa shape index (κ3) is 5.51. The van der Waals surface area contributed by atoms with Gasteiger partial charge in [-0.25, -0.2) is 13.1 Å². The van der Waals surface area contributed by atoms with Crippen molar-refractivity contribution in [3.8, 4) is 0 Å². The summed E-state index contributed by atoms with van der Waals surface area (Å²) in [4.78, 5) is 0.765. The predicted molar refractivity (Wildman–Crippen MR) is 78.1 cm³/mol. The fourth-order valence-corrected chi connectivity index (χ4v) is 3.57. The summed E-state index contributed by atoms with van der Waals surface area (Å²) in [5, 5.41) is 0. The Morgan fingerprint density at radius 1 is 1.42 bits per heavy atom. The van der Waals surface area contributed by atoms with Crippen LogP contribution in [0.15, 0.2) is 16.3 Å². The molecule has 0 radical (unpaired) electrons. The lowest BCUT2D eigenvalue weighted by atomic mass is 10.5. The first-order valence-electron chi connectivity index (χ1n) is 5.43. The first kappa shape index (κ1) is 16.5. The van der Waals surface area contributed by atoms with Crippen molar-refractivity contribution in [1.29, 1.82) is 0 Å². The summed E-state index contributed by atoms with van der Waals surface area (Å²) in [5.41, 5.74) is 5.43. The van der Waals surface area contributed by atoms with Crippen LogP contribution in [0.3, 0.4) is 0 Å². The molecule has 0 aliphatic heterocycles. The van der Waals surface area contributed by atoms with Crippen LogP contribution in [0.4, 0.5) is 0 Å². The maximum atomic E-state index is 11.9. The Morgan fingerprint density at radius 2 is 2.16 bits per heavy atom. The van der Waals surface area contributed by atoms with Crippen LogP contribution in [-0.4, -0.2) is 46.9 Å². The summed E-state index contributed by atoms with van der Waals surface area (Å²) in [5.74, 6) is 0. The van der Waals surface area contributed by atoms with Crippen LogP contribution in [0, 0.1) is 0 Å². The standard InChI is InChI=1S/C10H16N2O4S3/c1-15-6-7-16-5-4-12-19(13,14)9-3-2-8(18-9)10(11)17/h2-3,12H,4-7H2,1H3,(H2,11,17). The van der Waals surface area contributed by atoms with Gasteiger partial charge in [-0.1, -0.05) is 12.2 Å². The van der Waals surface area contributed by atoms with Crippen molar-refractivity contribution < 1.29 is 17.9 Å². The van der Waals surface area contributed by atoms with Crippen molar-refractivity contribution in [2.45, 2.75) is 4.21 Å². The highest BCUT2D eigenvalue weighted by Gasteiger charge is 2.16. The van der Waals surface area contributed by atoms with Gasteiger partial charge < -0.3 is 15.2 Å². The van der Waals surface area contributed by atoms with E-state index in [-0.39, 0.29) is 22.3 Å². The van der Waals surface area contributed by atoms with E-state index in [1.807, 2.05) is 0 Å². The molecular formula is C10H16N2O4S3. The summed E-state index contributed by atoms with van der Waals surface area (Å²) in [6.45, 7) is 1.40. The molecule has 0 bridgehead atoms. The summed E-state index contributed by atoms with van der Waals surface area (Å²) in [6.07, 6.45) is 0. The van der Waals surface area contributed by atoms with Gasteiger partial charge in [-0.2, -0.15) is 0 Å². The zero-order chi connectivity index (χ0) is 14.3. The molecule has 3 N–H and O–H groups in total. The molecule has 1 rings (SSSR count). The third-order valence-corrected chi connectivity index (χ3v) is 5.48. The smallest absolute Gasteiger partial charge is 0.250 e. The van der Waals surface area contributed by atoms with Gasteiger partial charge in [0.05, 0.1) is 24.7 Å². The minimum Gasteiger partial charge on any atom is -0.389 e. The minimum atomic E-state index is -3.52. The van der Waals surface area contributed by atoms with Crippen molar-refractivity contribution in [2.24, 2.45) is 5.73 Å². The number of hydrogen-bond acceptors (Lipinski definition) is 6. The van der Waals surface area contributed by atoms with Crippen molar-refractivity contribution in [1.82, 2.24) is 4.72 Å². The Bertz CT molecular complexity index is 513. The highest BCUT2D eigenvalue weighted by Crippen LogP contribution is 2.21. The molecule has 0 aromatic carbocycles. The number of nitrogens with one attached hydrogen (secondary N) is 1. The lowest BCUT2D eigenvalue weighted by Crippen LogP contribution is -2.27. The zero-order valence-corrected chi connectivity index (χ0v) is 12.9. The summed E-state index contributed by atoms with van der Waals surface area (Å²) >= 11 is 5.83. The van der Waals surface area contributed by atoms with Gasteiger partial charge in [0.2, 0.25) is 10.0 Å². The van der Waals surface area contributed by atoms with Crippen molar-refractivity contribution in [2.75, 3.05) is 33.5 Å². The molecule has 0 saturated heterocycles. The van der Waals surface area contributed by atoms with Gasteiger partial charge in [0.1, 0.15) is 9.20 Å². The Balaban J connectivity index is 2.44. The number of sulfonamides is 1. The van der Waals surface area contributed by atoms with E-state index in [4.69, 9.17) is 27.4 Å². The average Bonchev–Trinajstić information content (AvgIpc) is 2.84. The van der Waals surface area contributed by atoms with Crippen LogP contribution < -0.4 is 10.5 Å². The quantitative estimate of drug-likeness (QED) is 0.502. The maximum absolute atomic E-state index is 11.9. The largest absolute Gasteiger partial charge is 0.389 e. The highest BCUT2D eigenvalue weighted by molar-refractivity contribution is 7.91. The third-order valence-electron chi connectivity index (χ3n) is 2.06. The van der Waals surface area contributed by atoms with Crippen LogP contribution in [0.25, 0.3) is 0 Å². The molecule has 9 heteroatoms. The summed E-state index contributed by atoms with van der Waals surface area (Å²) in [7, 11) is -1.95. The highest BCUT2D eigenvalue weighted by atomic mass is 32.2. The van der Waals surface area contributed by atoms with Crippen LogP contribution in [0.2, 0.25) is 0 Å². The molecule has 19 heavy (non-hydrogen) atoms. The Hall–Kier alpha value is -0.580. The van der Waals surface area contributed by atoms with Gasteiger partial charge in [0, 0.05) is 13.7 Å². The Kier molecular flexibility index (Phi) is 6.83. The number of ether oxygens (including phenoxy) is 2. The van der Waals surface area contributed by atoms with E-state index in [2.05, 4.69) is 4.72 Å². The molecule has 1 aromatic rings. The fraction of sp³-hybridized carbons (Fsp3) is 0.500. The molecule has 0 atom stereocenters. The number of nitrogens with two attached hydrogens (primary N) is 1. The Labute approximate surface area is 121 Å². The number of thiocarbonyl (C=S) groups is 1. The van der Waals surface area contributed by atoms with Crippen LogP contribution in [0.5, 0.6) is 0 Å². The number of thiophene rings is 1. The van der Waals surface area contributed by atoms with E-state index in [0.717, 1.165) is 11.3 Å². The molecule has 0 spiro atoms. The lowest BCUT2D eigenvalue weighted by molar-refractivity contribution is 0.0736. The normalized spacial score (nSPS) is 11.6. The van der Waals surface area contributed by atoms with Gasteiger partial charge >= 0.3 is 0 Å². The van der Waals surface area contributed by atoms with E-state index < -0.39 is 10.0 Å². The van der Waals surface area contributed by atoms with Gasteiger partial charge in [0.25, 0.3) is 0 Å². The van der Waals surface area contributed by atoms with Gasteiger partial charge in [0.15, 0.2) is 0 Å². The monoisotopic (exact) mass is 324 g/mol. The summed E-state index contributed by atoms with van der Waals surface area (Å²) < 4.78 is 36.4. The second kappa shape index (κ2) is 7.88. The van der Waals surface area contributed by atoms with Crippen LogP contribution in [0.1, 0.15) is 4.88 Å². The zero-order valence-electron chi connectivity index (χ0n) is 10.4.